The van der Waals surface area contributed by atoms with Gasteiger partial charge in [0.05, 0.1) is 18.7 Å². The molecule has 0 aliphatic rings. The molecule has 0 fully saturated rings. The number of benzene rings is 1. The smallest absolute Gasteiger partial charge is 0.315 e. The Morgan fingerprint density at radius 2 is 2.13 bits per heavy atom. The quantitative estimate of drug-likeness (QED) is 0.725. The molecule has 0 aliphatic carbocycles. The summed E-state index contributed by atoms with van der Waals surface area (Å²) in [7, 11) is 0. The molecule has 0 bridgehead atoms. The molecule has 0 aliphatic heterocycles. The summed E-state index contributed by atoms with van der Waals surface area (Å²) in [5, 5.41) is 19.6. The van der Waals surface area contributed by atoms with Crippen molar-refractivity contribution in [3.63, 3.8) is 0 Å². The van der Waals surface area contributed by atoms with E-state index in [-0.39, 0.29) is 24.7 Å². The van der Waals surface area contributed by atoms with Crippen LogP contribution in [0.25, 0.3) is 0 Å². The summed E-state index contributed by atoms with van der Waals surface area (Å²) in [6.07, 6.45) is 4.22. The van der Waals surface area contributed by atoms with Gasteiger partial charge in [0.2, 0.25) is 0 Å². The lowest BCUT2D eigenvalue weighted by atomic mass is 10.1. The number of carbonyl (C=O) groups is 1. The van der Waals surface area contributed by atoms with Crippen molar-refractivity contribution in [1.82, 2.24) is 20.4 Å². The minimum atomic E-state index is -0.308. The lowest BCUT2D eigenvalue weighted by Crippen LogP contribution is -2.45. The number of aliphatic hydroxyl groups excluding tert-OH is 1. The van der Waals surface area contributed by atoms with Gasteiger partial charge in [-0.1, -0.05) is 30.7 Å². The Morgan fingerprint density at radius 1 is 1.39 bits per heavy atom. The van der Waals surface area contributed by atoms with Crippen molar-refractivity contribution < 1.29 is 9.90 Å². The standard InChI is InChI=1S/C16H21ClN4O2/c1-2-14(11-22)20-16(23)18-10-15(21-9-3-8-19-21)12-4-6-13(17)7-5-12/h3-9,14-15,22H,2,10-11H2,1H3,(H2,18,20,23)/t14-,15+/m1/s1. The van der Waals surface area contributed by atoms with Crippen molar-refractivity contribution in [2.24, 2.45) is 0 Å². The van der Waals surface area contributed by atoms with Gasteiger partial charge in [-0.3, -0.25) is 4.68 Å². The van der Waals surface area contributed by atoms with Crippen LogP contribution < -0.4 is 10.6 Å². The van der Waals surface area contributed by atoms with Crippen LogP contribution in [0.1, 0.15) is 24.9 Å². The first kappa shape index (κ1) is 17.3. The highest BCUT2D eigenvalue weighted by Crippen LogP contribution is 2.19. The highest BCUT2D eigenvalue weighted by atomic mass is 35.5. The Morgan fingerprint density at radius 3 is 2.70 bits per heavy atom. The molecule has 1 aromatic heterocycles. The minimum Gasteiger partial charge on any atom is -0.394 e. The second kappa shape index (κ2) is 8.55. The number of aromatic nitrogens is 2. The van der Waals surface area contributed by atoms with Crippen LogP contribution in [-0.4, -0.2) is 40.1 Å². The number of urea groups is 1. The van der Waals surface area contributed by atoms with E-state index >= 15 is 0 Å². The van der Waals surface area contributed by atoms with Crippen LogP contribution in [0.3, 0.4) is 0 Å². The van der Waals surface area contributed by atoms with E-state index in [1.54, 1.807) is 10.9 Å². The van der Waals surface area contributed by atoms with Crippen molar-refractivity contribution in [3.8, 4) is 0 Å². The number of hydrogen-bond acceptors (Lipinski definition) is 3. The van der Waals surface area contributed by atoms with Gasteiger partial charge in [0.15, 0.2) is 0 Å². The van der Waals surface area contributed by atoms with Gasteiger partial charge in [-0.05, 0) is 30.2 Å². The summed E-state index contributed by atoms with van der Waals surface area (Å²) >= 11 is 5.93. The first-order chi connectivity index (χ1) is 11.1. The van der Waals surface area contributed by atoms with E-state index in [4.69, 9.17) is 16.7 Å². The third-order valence-electron chi connectivity index (χ3n) is 3.60. The molecule has 0 radical (unpaired) electrons. The van der Waals surface area contributed by atoms with Crippen molar-refractivity contribution in [2.75, 3.05) is 13.2 Å². The summed E-state index contributed by atoms with van der Waals surface area (Å²) in [5.41, 5.74) is 0.993. The number of nitrogens with one attached hydrogen (secondary N) is 2. The normalized spacial score (nSPS) is 13.3. The van der Waals surface area contributed by atoms with E-state index in [0.717, 1.165) is 5.56 Å². The summed E-state index contributed by atoms with van der Waals surface area (Å²) in [6.45, 7) is 2.20. The van der Waals surface area contributed by atoms with Crippen LogP contribution in [0.4, 0.5) is 4.79 Å². The maximum atomic E-state index is 11.9. The van der Waals surface area contributed by atoms with Gasteiger partial charge in [0.25, 0.3) is 0 Å². The number of carbonyl (C=O) groups excluding carboxylic acids is 1. The fourth-order valence-corrected chi connectivity index (χ4v) is 2.34. The van der Waals surface area contributed by atoms with Crippen molar-refractivity contribution in [3.05, 3.63) is 53.3 Å². The van der Waals surface area contributed by atoms with Crippen LogP contribution in [-0.2, 0) is 0 Å². The second-order valence-corrected chi connectivity index (χ2v) is 5.63. The third-order valence-corrected chi connectivity index (χ3v) is 3.86. The molecule has 0 spiro atoms. The summed E-state index contributed by atoms with van der Waals surface area (Å²) < 4.78 is 1.78. The third kappa shape index (κ3) is 4.97. The molecule has 2 amide bonds. The van der Waals surface area contributed by atoms with Gasteiger partial charge >= 0.3 is 6.03 Å². The number of hydrogen-bond donors (Lipinski definition) is 3. The molecule has 3 N–H and O–H groups in total. The largest absolute Gasteiger partial charge is 0.394 e. The first-order valence-corrected chi connectivity index (χ1v) is 7.91. The number of halogens is 1. The monoisotopic (exact) mass is 336 g/mol. The van der Waals surface area contributed by atoms with Crippen LogP contribution in [0.2, 0.25) is 5.02 Å². The molecule has 23 heavy (non-hydrogen) atoms. The fourth-order valence-electron chi connectivity index (χ4n) is 2.22. The fraction of sp³-hybridized carbons (Fsp3) is 0.375. The Labute approximate surface area is 140 Å². The molecule has 1 aromatic carbocycles. The van der Waals surface area contributed by atoms with Gasteiger partial charge in [-0.2, -0.15) is 5.10 Å². The van der Waals surface area contributed by atoms with Crippen molar-refractivity contribution in [2.45, 2.75) is 25.4 Å². The number of nitrogens with zero attached hydrogens (tertiary/aromatic N) is 2. The van der Waals surface area contributed by atoms with E-state index in [2.05, 4.69) is 15.7 Å². The van der Waals surface area contributed by atoms with Gasteiger partial charge in [0, 0.05) is 24.0 Å². The maximum Gasteiger partial charge on any atom is 0.315 e. The molecule has 124 valence electrons. The van der Waals surface area contributed by atoms with Gasteiger partial charge < -0.3 is 15.7 Å². The van der Waals surface area contributed by atoms with E-state index in [0.29, 0.717) is 18.0 Å². The molecule has 0 saturated carbocycles. The van der Waals surface area contributed by atoms with Gasteiger partial charge in [-0.25, -0.2) is 4.79 Å². The highest BCUT2D eigenvalue weighted by Gasteiger charge is 2.16. The molecular weight excluding hydrogens is 316 g/mol. The zero-order valence-electron chi connectivity index (χ0n) is 12.9. The minimum absolute atomic E-state index is 0.0797. The second-order valence-electron chi connectivity index (χ2n) is 5.20. The van der Waals surface area contributed by atoms with Gasteiger partial charge in [0.1, 0.15) is 0 Å². The molecule has 2 aromatic rings. The number of aliphatic hydroxyl groups is 1. The number of rotatable bonds is 7. The number of amides is 2. The molecule has 1 heterocycles. The van der Waals surface area contributed by atoms with E-state index < -0.39 is 0 Å². The maximum absolute atomic E-state index is 11.9. The van der Waals surface area contributed by atoms with Crippen LogP contribution in [0, 0.1) is 0 Å². The molecule has 7 heteroatoms. The Balaban J connectivity index is 2.04. The summed E-state index contributed by atoms with van der Waals surface area (Å²) in [5.74, 6) is 0. The molecular formula is C16H21ClN4O2. The molecule has 6 nitrogen and oxygen atoms in total. The van der Waals surface area contributed by atoms with Gasteiger partial charge in [-0.15, -0.1) is 0 Å². The predicted molar refractivity (Wildman–Crippen MR) is 89.5 cm³/mol. The summed E-state index contributed by atoms with van der Waals surface area (Å²) in [4.78, 5) is 11.9. The average Bonchev–Trinajstić information content (AvgIpc) is 3.08. The van der Waals surface area contributed by atoms with Crippen LogP contribution in [0.15, 0.2) is 42.7 Å². The Hall–Kier alpha value is -2.05. The lowest BCUT2D eigenvalue weighted by molar-refractivity contribution is 0.213. The Kier molecular flexibility index (Phi) is 6.43. The van der Waals surface area contributed by atoms with Crippen LogP contribution >= 0.6 is 11.6 Å². The topological polar surface area (TPSA) is 79.2 Å². The highest BCUT2D eigenvalue weighted by molar-refractivity contribution is 6.30. The summed E-state index contributed by atoms with van der Waals surface area (Å²) in [6, 6.07) is 8.60. The SMILES string of the molecule is CC[C@H](CO)NC(=O)NC[C@@H](c1ccc(Cl)cc1)n1cccn1. The molecule has 0 unspecified atom stereocenters. The van der Waals surface area contributed by atoms with Crippen LogP contribution in [0.5, 0.6) is 0 Å². The molecule has 0 saturated heterocycles. The van der Waals surface area contributed by atoms with E-state index in [1.165, 1.54) is 0 Å². The first-order valence-electron chi connectivity index (χ1n) is 7.53. The molecule has 2 atom stereocenters. The van der Waals surface area contributed by atoms with Crippen molar-refractivity contribution >= 4 is 17.6 Å². The zero-order valence-corrected chi connectivity index (χ0v) is 13.7. The Bertz CT molecular complexity index is 597. The van der Waals surface area contributed by atoms with E-state index in [1.807, 2.05) is 43.5 Å². The molecule has 2 rings (SSSR count). The predicted octanol–water partition coefficient (Wildman–Crippen LogP) is 2.20. The van der Waals surface area contributed by atoms with E-state index in [9.17, 15) is 4.79 Å². The zero-order chi connectivity index (χ0) is 16.7. The average molecular weight is 337 g/mol. The van der Waals surface area contributed by atoms with Crippen molar-refractivity contribution in [1.29, 1.82) is 0 Å². The lowest BCUT2D eigenvalue weighted by Gasteiger charge is -2.20.